The number of carbonyl (C=O) groups excluding carboxylic acids is 2. The van der Waals surface area contributed by atoms with Gasteiger partial charge in [-0.2, -0.15) is 0 Å². The highest BCUT2D eigenvalue weighted by Crippen LogP contribution is 2.23. The number of rotatable bonds is 6. The van der Waals surface area contributed by atoms with Gasteiger partial charge >= 0.3 is 0 Å². The predicted octanol–water partition coefficient (Wildman–Crippen LogP) is 4.03. The predicted molar refractivity (Wildman–Crippen MR) is 98.0 cm³/mol. The maximum absolute atomic E-state index is 12.6. The molecule has 2 amide bonds. The lowest BCUT2D eigenvalue weighted by molar-refractivity contribution is -0.116. The summed E-state index contributed by atoms with van der Waals surface area (Å²) in [7, 11) is 0. The van der Waals surface area contributed by atoms with Crippen LogP contribution in [0.5, 0.6) is 0 Å². The van der Waals surface area contributed by atoms with Crippen LogP contribution in [0.25, 0.3) is 0 Å². The van der Waals surface area contributed by atoms with E-state index in [1.807, 2.05) is 12.3 Å². The second kappa shape index (κ2) is 8.28. The molecule has 8 heteroatoms. The molecule has 1 N–H and O–H groups in total. The molecule has 24 heavy (non-hydrogen) atoms. The Morgan fingerprint density at radius 3 is 2.71 bits per heavy atom. The topological polar surface area (TPSA) is 62.3 Å². The molecule has 126 valence electrons. The van der Waals surface area contributed by atoms with Gasteiger partial charge in [0.05, 0.1) is 15.7 Å². The van der Waals surface area contributed by atoms with E-state index in [0.29, 0.717) is 15.7 Å². The third-order valence-corrected chi connectivity index (χ3v) is 4.62. The number of amides is 2. The van der Waals surface area contributed by atoms with Gasteiger partial charge in [0, 0.05) is 17.5 Å². The van der Waals surface area contributed by atoms with Gasteiger partial charge in [0.15, 0.2) is 5.13 Å². The molecule has 1 heterocycles. The van der Waals surface area contributed by atoms with Crippen LogP contribution >= 0.6 is 34.5 Å². The Labute approximate surface area is 153 Å². The summed E-state index contributed by atoms with van der Waals surface area (Å²) in [6, 6.07) is 4.58. The molecule has 0 radical (unpaired) electrons. The Bertz CT molecular complexity index is 776. The Hall–Kier alpha value is -1.89. The van der Waals surface area contributed by atoms with Gasteiger partial charge in [-0.1, -0.05) is 29.3 Å². The van der Waals surface area contributed by atoms with Crippen molar-refractivity contribution in [2.45, 2.75) is 6.92 Å². The number of aryl methyl sites for hydroxylation is 1. The lowest BCUT2D eigenvalue weighted by atomic mass is 10.2. The van der Waals surface area contributed by atoms with Crippen molar-refractivity contribution in [2.24, 2.45) is 0 Å². The minimum absolute atomic E-state index is 0.121. The third-order valence-electron chi connectivity index (χ3n) is 3.00. The van der Waals surface area contributed by atoms with Gasteiger partial charge in [-0.05, 0) is 25.1 Å². The van der Waals surface area contributed by atoms with Crippen molar-refractivity contribution >= 4 is 51.5 Å². The van der Waals surface area contributed by atoms with E-state index in [-0.39, 0.29) is 29.9 Å². The van der Waals surface area contributed by atoms with Gasteiger partial charge < -0.3 is 10.2 Å². The van der Waals surface area contributed by atoms with Crippen LogP contribution in [0.2, 0.25) is 10.0 Å². The van der Waals surface area contributed by atoms with Gasteiger partial charge in [0.2, 0.25) is 5.91 Å². The van der Waals surface area contributed by atoms with Crippen LogP contribution in [0.3, 0.4) is 0 Å². The molecule has 0 spiro atoms. The summed E-state index contributed by atoms with van der Waals surface area (Å²) in [6.45, 7) is 5.56. The molecule has 0 atom stereocenters. The van der Waals surface area contributed by atoms with Crippen LogP contribution < -0.4 is 5.32 Å². The first-order valence-electron chi connectivity index (χ1n) is 6.98. The molecule has 0 unspecified atom stereocenters. The number of hydrogen-bond donors (Lipinski definition) is 1. The van der Waals surface area contributed by atoms with E-state index >= 15 is 0 Å². The van der Waals surface area contributed by atoms with E-state index in [9.17, 15) is 9.59 Å². The first-order valence-corrected chi connectivity index (χ1v) is 8.61. The average Bonchev–Trinajstić information content (AvgIpc) is 2.93. The maximum Gasteiger partial charge on any atom is 0.254 e. The number of aromatic nitrogens is 1. The molecule has 0 saturated carbocycles. The van der Waals surface area contributed by atoms with E-state index in [1.165, 1.54) is 22.3 Å². The molecular weight excluding hydrogens is 369 g/mol. The zero-order chi connectivity index (χ0) is 17.7. The van der Waals surface area contributed by atoms with Crippen LogP contribution in [-0.2, 0) is 4.79 Å². The number of hydrogen-bond acceptors (Lipinski definition) is 4. The molecule has 0 bridgehead atoms. The Kier molecular flexibility index (Phi) is 6.36. The smallest absolute Gasteiger partial charge is 0.254 e. The lowest BCUT2D eigenvalue weighted by Gasteiger charge is -2.20. The molecule has 0 saturated heterocycles. The Morgan fingerprint density at radius 1 is 1.38 bits per heavy atom. The zero-order valence-corrected chi connectivity index (χ0v) is 15.2. The van der Waals surface area contributed by atoms with Gasteiger partial charge in [-0.15, -0.1) is 17.9 Å². The van der Waals surface area contributed by atoms with Gasteiger partial charge in [-0.25, -0.2) is 4.98 Å². The first-order chi connectivity index (χ1) is 11.4. The number of thiazole rings is 1. The molecular formula is C16H15Cl2N3O2S. The quantitative estimate of drug-likeness (QED) is 0.765. The third kappa shape index (κ3) is 4.80. The Balaban J connectivity index is 2.09. The number of nitrogens with zero attached hydrogens (tertiary/aromatic N) is 2. The highest BCUT2D eigenvalue weighted by Gasteiger charge is 2.19. The van der Waals surface area contributed by atoms with Crippen molar-refractivity contribution < 1.29 is 9.59 Å². The monoisotopic (exact) mass is 383 g/mol. The summed E-state index contributed by atoms with van der Waals surface area (Å²) in [6.07, 6.45) is 1.55. The summed E-state index contributed by atoms with van der Waals surface area (Å²) in [5.74, 6) is -0.668. The molecule has 2 aromatic rings. The van der Waals surface area contributed by atoms with Crippen LogP contribution in [0.15, 0.2) is 36.2 Å². The van der Waals surface area contributed by atoms with Crippen LogP contribution in [0.4, 0.5) is 5.13 Å². The second-order valence-electron chi connectivity index (χ2n) is 4.95. The maximum atomic E-state index is 12.6. The van der Waals surface area contributed by atoms with E-state index in [0.717, 1.165) is 5.69 Å². The second-order valence-corrected chi connectivity index (χ2v) is 6.62. The number of nitrogens with one attached hydrogen (secondary N) is 1. The number of benzene rings is 1. The summed E-state index contributed by atoms with van der Waals surface area (Å²) >= 11 is 13.1. The normalized spacial score (nSPS) is 10.3. The highest BCUT2D eigenvalue weighted by atomic mass is 35.5. The Morgan fingerprint density at radius 2 is 2.12 bits per heavy atom. The van der Waals surface area contributed by atoms with Crippen molar-refractivity contribution in [1.82, 2.24) is 9.88 Å². The molecule has 5 nitrogen and oxygen atoms in total. The van der Waals surface area contributed by atoms with E-state index in [2.05, 4.69) is 16.9 Å². The summed E-state index contributed by atoms with van der Waals surface area (Å²) in [5.41, 5.74) is 1.18. The summed E-state index contributed by atoms with van der Waals surface area (Å²) < 4.78 is 0. The van der Waals surface area contributed by atoms with Crippen molar-refractivity contribution in [3.63, 3.8) is 0 Å². The molecule has 0 aliphatic rings. The SMILES string of the molecule is C=CCN(CC(=O)Nc1nc(C)cs1)C(=O)c1ccc(Cl)c(Cl)c1. The van der Waals surface area contributed by atoms with Gasteiger partial charge in [-0.3, -0.25) is 9.59 Å². The standard InChI is InChI=1S/C16H15Cl2N3O2S/c1-3-6-21(8-14(22)20-16-19-10(2)9-24-16)15(23)11-4-5-12(17)13(18)7-11/h3-5,7,9H,1,6,8H2,2H3,(H,19,20,22). The van der Waals surface area contributed by atoms with E-state index < -0.39 is 0 Å². The number of halogens is 2. The molecule has 2 rings (SSSR count). The lowest BCUT2D eigenvalue weighted by Crippen LogP contribution is -2.38. The van der Waals surface area contributed by atoms with E-state index in [4.69, 9.17) is 23.2 Å². The molecule has 0 fully saturated rings. The van der Waals surface area contributed by atoms with Gasteiger partial charge in [0.25, 0.3) is 5.91 Å². The van der Waals surface area contributed by atoms with Crippen molar-refractivity contribution in [3.05, 3.63) is 57.5 Å². The molecule has 0 aliphatic carbocycles. The fourth-order valence-corrected chi connectivity index (χ4v) is 2.93. The number of carbonyl (C=O) groups is 2. The minimum Gasteiger partial charge on any atom is -0.326 e. The zero-order valence-electron chi connectivity index (χ0n) is 12.9. The van der Waals surface area contributed by atoms with Crippen molar-refractivity contribution in [2.75, 3.05) is 18.4 Å². The summed E-state index contributed by atoms with van der Waals surface area (Å²) in [5, 5.41) is 5.64. The fourth-order valence-electron chi connectivity index (χ4n) is 1.93. The van der Waals surface area contributed by atoms with E-state index in [1.54, 1.807) is 18.2 Å². The highest BCUT2D eigenvalue weighted by molar-refractivity contribution is 7.13. The molecule has 0 aliphatic heterocycles. The fraction of sp³-hybridized carbons (Fsp3) is 0.188. The van der Waals surface area contributed by atoms with Crippen LogP contribution in [-0.4, -0.2) is 34.8 Å². The first kappa shape index (κ1) is 18.4. The molecule has 1 aromatic carbocycles. The van der Waals surface area contributed by atoms with Crippen LogP contribution in [0.1, 0.15) is 16.1 Å². The summed E-state index contributed by atoms with van der Waals surface area (Å²) in [4.78, 5) is 30.2. The largest absolute Gasteiger partial charge is 0.326 e. The minimum atomic E-state index is -0.334. The van der Waals surface area contributed by atoms with Crippen LogP contribution in [0, 0.1) is 6.92 Å². The van der Waals surface area contributed by atoms with Gasteiger partial charge in [0.1, 0.15) is 6.54 Å². The number of anilines is 1. The van der Waals surface area contributed by atoms with Crippen molar-refractivity contribution in [1.29, 1.82) is 0 Å². The molecule has 1 aromatic heterocycles. The van der Waals surface area contributed by atoms with Crippen molar-refractivity contribution in [3.8, 4) is 0 Å². The average molecular weight is 384 g/mol.